The second-order valence-corrected chi connectivity index (χ2v) is 7.50. The Morgan fingerprint density at radius 3 is 2.10 bits per heavy atom. The highest BCUT2D eigenvalue weighted by atomic mass is 35.5. The average Bonchev–Trinajstić information content (AvgIpc) is 2.75. The van der Waals surface area contributed by atoms with Crippen LogP contribution in [0.1, 0.15) is 28.9 Å². The maximum Gasteiger partial charge on any atom is 0.327 e. The van der Waals surface area contributed by atoms with Crippen molar-refractivity contribution < 1.29 is 19.1 Å². The summed E-state index contributed by atoms with van der Waals surface area (Å²) >= 11 is 5.97. The van der Waals surface area contributed by atoms with Crippen molar-refractivity contribution >= 4 is 35.1 Å². The number of ether oxygens (including phenoxy) is 1. The molecular weight excluding hydrogens is 406 g/mol. The molecule has 3 rings (SSSR count). The summed E-state index contributed by atoms with van der Waals surface area (Å²) in [7, 11) is 1.37. The molecule has 2 aromatic carbocycles. The molecule has 1 aliphatic heterocycles. The molecule has 2 amide bonds. The number of piperazine rings is 1. The second kappa shape index (κ2) is 9.73. The first kappa shape index (κ1) is 21.8. The van der Waals surface area contributed by atoms with Crippen molar-refractivity contribution in [1.29, 1.82) is 0 Å². The number of benzene rings is 2. The zero-order chi connectivity index (χ0) is 21.7. The maximum atomic E-state index is 12.8. The summed E-state index contributed by atoms with van der Waals surface area (Å²) in [5.74, 6) is -0.582. The molecule has 0 aromatic heterocycles. The van der Waals surface area contributed by atoms with Gasteiger partial charge in [0.2, 0.25) is 5.91 Å². The summed E-state index contributed by atoms with van der Waals surface area (Å²) in [4.78, 5) is 40.2. The van der Waals surface area contributed by atoms with E-state index in [1.807, 2.05) is 17.0 Å². The van der Waals surface area contributed by atoms with Crippen LogP contribution in [0.2, 0.25) is 5.02 Å². The topological polar surface area (TPSA) is 79.0 Å². The summed E-state index contributed by atoms with van der Waals surface area (Å²) in [5.41, 5.74) is 2.01. The van der Waals surface area contributed by atoms with Crippen molar-refractivity contribution in [2.45, 2.75) is 13.0 Å². The van der Waals surface area contributed by atoms with Crippen molar-refractivity contribution in [3.05, 3.63) is 64.7 Å². The van der Waals surface area contributed by atoms with Gasteiger partial charge in [0.05, 0.1) is 7.11 Å². The number of nitrogens with one attached hydrogen (secondary N) is 1. The Labute approximate surface area is 180 Å². The molecule has 1 unspecified atom stereocenters. The number of amides is 2. The fourth-order valence-corrected chi connectivity index (χ4v) is 3.64. The van der Waals surface area contributed by atoms with E-state index < -0.39 is 6.04 Å². The Bertz CT molecular complexity index is 907. The minimum absolute atomic E-state index is 0.0786. The van der Waals surface area contributed by atoms with Crippen molar-refractivity contribution in [1.82, 2.24) is 9.80 Å². The van der Waals surface area contributed by atoms with Crippen molar-refractivity contribution in [2.24, 2.45) is 0 Å². The molecule has 0 radical (unpaired) electrons. The van der Waals surface area contributed by atoms with E-state index in [-0.39, 0.29) is 17.8 Å². The van der Waals surface area contributed by atoms with E-state index in [9.17, 15) is 14.4 Å². The van der Waals surface area contributed by atoms with E-state index in [1.54, 1.807) is 41.3 Å². The standard InChI is InChI=1S/C22H24ClN3O4/c1-15(27)24-19-9-5-17(6-10-19)21(28)26-13-11-25(12-14-26)20(22(29)30-2)16-3-7-18(23)8-4-16/h3-10,20H,11-14H2,1-2H3,(H,24,27). The van der Waals surface area contributed by atoms with Gasteiger partial charge in [0, 0.05) is 49.4 Å². The van der Waals surface area contributed by atoms with E-state index >= 15 is 0 Å². The van der Waals surface area contributed by atoms with Crippen LogP contribution in [0.4, 0.5) is 5.69 Å². The molecular formula is C22H24ClN3O4. The molecule has 1 heterocycles. The predicted octanol–water partition coefficient (Wildman–Crippen LogP) is 2.97. The number of halogens is 1. The molecule has 1 saturated heterocycles. The number of carbonyl (C=O) groups excluding carboxylic acids is 3. The van der Waals surface area contributed by atoms with Gasteiger partial charge in [-0.1, -0.05) is 23.7 Å². The molecule has 1 N–H and O–H groups in total. The summed E-state index contributed by atoms with van der Waals surface area (Å²) in [5, 5.41) is 3.28. The maximum absolute atomic E-state index is 12.8. The fraction of sp³-hybridized carbons (Fsp3) is 0.318. The second-order valence-electron chi connectivity index (χ2n) is 7.06. The third-order valence-corrected chi connectivity index (χ3v) is 5.28. The summed E-state index contributed by atoms with van der Waals surface area (Å²) in [6.45, 7) is 3.50. The zero-order valence-electron chi connectivity index (χ0n) is 16.9. The number of rotatable bonds is 5. The normalized spacial score (nSPS) is 15.4. The third-order valence-electron chi connectivity index (χ3n) is 5.03. The van der Waals surface area contributed by atoms with E-state index in [2.05, 4.69) is 5.32 Å². The van der Waals surface area contributed by atoms with Crippen LogP contribution in [0.15, 0.2) is 48.5 Å². The van der Waals surface area contributed by atoms with E-state index in [1.165, 1.54) is 14.0 Å². The Morgan fingerprint density at radius 1 is 0.967 bits per heavy atom. The molecule has 7 nitrogen and oxygen atoms in total. The van der Waals surface area contributed by atoms with Crippen LogP contribution in [0.5, 0.6) is 0 Å². The van der Waals surface area contributed by atoms with Gasteiger partial charge in [0.1, 0.15) is 6.04 Å². The summed E-state index contributed by atoms with van der Waals surface area (Å²) in [6, 6.07) is 13.4. The lowest BCUT2D eigenvalue weighted by Gasteiger charge is -2.38. The molecule has 0 aliphatic carbocycles. The number of esters is 1. The van der Waals surface area contributed by atoms with Crippen LogP contribution in [0.25, 0.3) is 0 Å². The van der Waals surface area contributed by atoms with Gasteiger partial charge < -0.3 is 15.0 Å². The highest BCUT2D eigenvalue weighted by molar-refractivity contribution is 6.30. The molecule has 2 aromatic rings. The van der Waals surface area contributed by atoms with Crippen LogP contribution in [0, 0.1) is 0 Å². The fourth-order valence-electron chi connectivity index (χ4n) is 3.52. The molecule has 1 aliphatic rings. The molecule has 1 atom stereocenters. The lowest BCUT2D eigenvalue weighted by atomic mass is 10.0. The van der Waals surface area contributed by atoms with Crippen LogP contribution >= 0.6 is 11.6 Å². The van der Waals surface area contributed by atoms with Crippen LogP contribution in [-0.2, 0) is 14.3 Å². The molecule has 8 heteroatoms. The van der Waals surface area contributed by atoms with Gasteiger partial charge in [0.25, 0.3) is 5.91 Å². The van der Waals surface area contributed by atoms with E-state index in [0.717, 1.165) is 5.56 Å². The van der Waals surface area contributed by atoms with Crippen LogP contribution in [0.3, 0.4) is 0 Å². The summed E-state index contributed by atoms with van der Waals surface area (Å²) in [6.07, 6.45) is 0. The SMILES string of the molecule is COC(=O)C(c1ccc(Cl)cc1)N1CCN(C(=O)c2ccc(NC(C)=O)cc2)CC1. The van der Waals surface area contributed by atoms with Crippen LogP contribution in [-0.4, -0.2) is 60.9 Å². The van der Waals surface area contributed by atoms with Crippen molar-refractivity contribution in [2.75, 3.05) is 38.6 Å². The lowest BCUT2D eigenvalue weighted by Crippen LogP contribution is -2.51. The number of nitrogens with zero attached hydrogens (tertiary/aromatic N) is 2. The largest absolute Gasteiger partial charge is 0.468 e. The Hall–Kier alpha value is -2.90. The first-order valence-electron chi connectivity index (χ1n) is 9.63. The van der Waals surface area contributed by atoms with Gasteiger partial charge >= 0.3 is 5.97 Å². The first-order valence-corrected chi connectivity index (χ1v) is 10.0. The Balaban J connectivity index is 1.66. The summed E-state index contributed by atoms with van der Waals surface area (Å²) < 4.78 is 5.01. The minimum atomic E-state index is -0.540. The highest BCUT2D eigenvalue weighted by Gasteiger charge is 2.32. The lowest BCUT2D eigenvalue weighted by molar-refractivity contribution is -0.148. The molecule has 30 heavy (non-hydrogen) atoms. The number of hydrogen-bond acceptors (Lipinski definition) is 5. The molecule has 0 bridgehead atoms. The average molecular weight is 430 g/mol. The quantitative estimate of drug-likeness (QED) is 0.739. The van der Waals surface area contributed by atoms with Gasteiger partial charge in [-0.3, -0.25) is 14.5 Å². The van der Waals surface area contributed by atoms with Crippen molar-refractivity contribution in [3.63, 3.8) is 0 Å². The monoisotopic (exact) mass is 429 g/mol. The van der Waals surface area contributed by atoms with Gasteiger partial charge in [-0.15, -0.1) is 0 Å². The smallest absolute Gasteiger partial charge is 0.327 e. The van der Waals surface area contributed by atoms with Crippen LogP contribution < -0.4 is 5.32 Å². The molecule has 158 valence electrons. The zero-order valence-corrected chi connectivity index (χ0v) is 17.7. The van der Waals surface area contributed by atoms with Gasteiger partial charge in [-0.2, -0.15) is 0 Å². The number of carbonyl (C=O) groups is 3. The molecule has 0 spiro atoms. The molecule has 0 saturated carbocycles. The highest BCUT2D eigenvalue weighted by Crippen LogP contribution is 2.25. The Kier molecular flexibility index (Phi) is 7.07. The van der Waals surface area contributed by atoms with E-state index in [0.29, 0.717) is 42.5 Å². The van der Waals surface area contributed by atoms with E-state index in [4.69, 9.17) is 16.3 Å². The van der Waals surface area contributed by atoms with Gasteiger partial charge in [-0.05, 0) is 42.0 Å². The van der Waals surface area contributed by atoms with Gasteiger partial charge in [-0.25, -0.2) is 4.79 Å². The first-order chi connectivity index (χ1) is 14.4. The third kappa shape index (κ3) is 5.17. The predicted molar refractivity (Wildman–Crippen MR) is 114 cm³/mol. The Morgan fingerprint density at radius 2 is 1.57 bits per heavy atom. The minimum Gasteiger partial charge on any atom is -0.468 e. The van der Waals surface area contributed by atoms with Crippen molar-refractivity contribution in [3.8, 4) is 0 Å². The molecule has 1 fully saturated rings. The number of anilines is 1. The number of methoxy groups -OCH3 is 1. The van der Waals surface area contributed by atoms with Gasteiger partial charge in [0.15, 0.2) is 0 Å². The number of hydrogen-bond donors (Lipinski definition) is 1.